The van der Waals surface area contributed by atoms with Gasteiger partial charge in [0.05, 0.1) is 17.8 Å². The Morgan fingerprint density at radius 1 is 1.33 bits per heavy atom. The summed E-state index contributed by atoms with van der Waals surface area (Å²) in [7, 11) is 0. The van der Waals surface area contributed by atoms with Crippen molar-refractivity contribution in [3.63, 3.8) is 0 Å². The van der Waals surface area contributed by atoms with E-state index in [1.165, 1.54) is 11.3 Å². The fourth-order valence-corrected chi connectivity index (χ4v) is 2.62. The zero-order valence-corrected chi connectivity index (χ0v) is 10.9. The molecule has 0 amide bonds. The minimum Gasteiger partial charge on any atom is -0.322 e. The maximum Gasteiger partial charge on any atom is 0.152 e. The average molecular weight is 260 g/mol. The van der Waals surface area contributed by atoms with Gasteiger partial charge in [-0.3, -0.25) is 4.98 Å². The number of hydrogen-bond acceptors (Lipinski definition) is 3. The molecule has 0 N–H and O–H groups in total. The van der Waals surface area contributed by atoms with Gasteiger partial charge in [0.15, 0.2) is 5.82 Å². The molecule has 1 unspecified atom stereocenters. The van der Waals surface area contributed by atoms with Crippen LogP contribution in [0.5, 0.6) is 0 Å². The number of rotatable bonds is 2. The molecule has 0 spiro atoms. The Labute approximate surface area is 111 Å². The molecule has 1 atom stereocenters. The van der Waals surface area contributed by atoms with E-state index >= 15 is 0 Å². The molecule has 0 saturated heterocycles. The highest BCUT2D eigenvalue weighted by Gasteiger charge is 2.27. The van der Waals surface area contributed by atoms with Gasteiger partial charge in [-0.25, -0.2) is 4.98 Å². The van der Waals surface area contributed by atoms with E-state index in [9.17, 15) is 0 Å². The predicted molar refractivity (Wildman–Crippen MR) is 73.3 cm³/mol. The summed E-state index contributed by atoms with van der Waals surface area (Å²) in [4.78, 5) is 11.0. The first-order chi connectivity index (χ1) is 8.79. The zero-order valence-electron chi connectivity index (χ0n) is 10.2. The fourth-order valence-electron chi connectivity index (χ4n) is 2.49. The molecule has 0 bridgehead atoms. The molecule has 4 heteroatoms. The van der Waals surface area contributed by atoms with Gasteiger partial charge < -0.3 is 4.90 Å². The quantitative estimate of drug-likeness (QED) is 0.775. The van der Waals surface area contributed by atoms with Gasteiger partial charge in [-0.15, -0.1) is 11.6 Å². The second kappa shape index (κ2) is 4.58. The van der Waals surface area contributed by atoms with Crippen molar-refractivity contribution in [2.24, 2.45) is 0 Å². The Morgan fingerprint density at radius 3 is 3.00 bits per heavy atom. The van der Waals surface area contributed by atoms with Crippen molar-refractivity contribution >= 4 is 23.1 Å². The van der Waals surface area contributed by atoms with Crippen LogP contribution in [0.3, 0.4) is 0 Å². The van der Waals surface area contributed by atoms with Gasteiger partial charge in [-0.1, -0.05) is 18.2 Å². The molecule has 0 fully saturated rings. The molecule has 0 radical (unpaired) electrons. The number of benzene rings is 1. The summed E-state index contributed by atoms with van der Waals surface area (Å²) < 4.78 is 0. The maximum atomic E-state index is 5.82. The van der Waals surface area contributed by atoms with Crippen molar-refractivity contribution in [2.45, 2.75) is 25.3 Å². The molecule has 0 saturated carbocycles. The molecule has 1 aromatic heterocycles. The van der Waals surface area contributed by atoms with E-state index in [-0.39, 0.29) is 0 Å². The van der Waals surface area contributed by atoms with Crippen LogP contribution in [0.15, 0.2) is 36.7 Å². The first-order valence-corrected chi connectivity index (χ1v) is 6.57. The standard InChI is InChI=1S/C14H14ClN3/c1-10-6-11-4-2-3-5-13(11)18(10)14-9-16-8-12(7-15)17-14/h2-5,8-10H,6-7H2,1H3. The maximum absolute atomic E-state index is 5.82. The van der Waals surface area contributed by atoms with Crippen molar-refractivity contribution < 1.29 is 0 Å². The summed E-state index contributed by atoms with van der Waals surface area (Å²) in [6.07, 6.45) is 4.56. The third-order valence-electron chi connectivity index (χ3n) is 3.26. The summed E-state index contributed by atoms with van der Waals surface area (Å²) in [6, 6.07) is 8.85. The number of alkyl halides is 1. The SMILES string of the molecule is CC1Cc2ccccc2N1c1cncc(CCl)n1. The van der Waals surface area contributed by atoms with Crippen molar-refractivity contribution in [2.75, 3.05) is 4.90 Å². The third-order valence-corrected chi connectivity index (χ3v) is 3.54. The molecule has 3 nitrogen and oxygen atoms in total. The lowest BCUT2D eigenvalue weighted by Crippen LogP contribution is -2.25. The highest BCUT2D eigenvalue weighted by atomic mass is 35.5. The van der Waals surface area contributed by atoms with Crippen LogP contribution in [0, 0.1) is 0 Å². The molecule has 92 valence electrons. The molecule has 1 aromatic carbocycles. The van der Waals surface area contributed by atoms with Crippen molar-refractivity contribution in [3.8, 4) is 0 Å². The summed E-state index contributed by atoms with van der Waals surface area (Å²) in [5.41, 5.74) is 3.40. The molecule has 3 rings (SSSR count). The Hall–Kier alpha value is -1.61. The van der Waals surface area contributed by atoms with Gasteiger partial charge in [-0.2, -0.15) is 0 Å². The van der Waals surface area contributed by atoms with Gasteiger partial charge in [-0.05, 0) is 25.0 Å². The van der Waals surface area contributed by atoms with Crippen LogP contribution in [0.1, 0.15) is 18.2 Å². The summed E-state index contributed by atoms with van der Waals surface area (Å²) in [6.45, 7) is 2.20. The number of nitrogens with zero attached hydrogens (tertiary/aromatic N) is 3. The number of aromatic nitrogens is 2. The molecule has 1 aliphatic heterocycles. The minimum atomic E-state index is 0.394. The fraction of sp³-hybridized carbons (Fsp3) is 0.286. The average Bonchev–Trinajstić information content (AvgIpc) is 2.74. The largest absolute Gasteiger partial charge is 0.322 e. The van der Waals surface area contributed by atoms with Gasteiger partial charge in [0.2, 0.25) is 0 Å². The number of hydrogen-bond donors (Lipinski definition) is 0. The molecular weight excluding hydrogens is 246 g/mol. The van der Waals surface area contributed by atoms with Crippen LogP contribution in [0.25, 0.3) is 0 Å². The van der Waals surface area contributed by atoms with Crippen LogP contribution >= 0.6 is 11.6 Å². The van der Waals surface area contributed by atoms with E-state index in [1.807, 2.05) is 0 Å². The lowest BCUT2D eigenvalue weighted by Gasteiger charge is -2.23. The molecular formula is C14H14ClN3. The first kappa shape index (κ1) is 11.5. The van der Waals surface area contributed by atoms with Gasteiger partial charge in [0, 0.05) is 17.9 Å². The predicted octanol–water partition coefficient (Wildman–Crippen LogP) is 3.30. The van der Waals surface area contributed by atoms with Gasteiger partial charge >= 0.3 is 0 Å². The number of anilines is 2. The van der Waals surface area contributed by atoms with Crippen LogP contribution in [-0.4, -0.2) is 16.0 Å². The Balaban J connectivity index is 2.06. The van der Waals surface area contributed by atoms with Crippen molar-refractivity contribution in [1.29, 1.82) is 0 Å². The highest BCUT2D eigenvalue weighted by Crippen LogP contribution is 2.36. The van der Waals surface area contributed by atoms with E-state index < -0.39 is 0 Å². The Bertz CT molecular complexity index is 570. The summed E-state index contributed by atoms with van der Waals surface area (Å²) in [5, 5.41) is 0. The van der Waals surface area contributed by atoms with E-state index in [2.05, 4.69) is 46.1 Å². The van der Waals surface area contributed by atoms with Crippen LogP contribution in [0.4, 0.5) is 11.5 Å². The topological polar surface area (TPSA) is 29.0 Å². The van der Waals surface area contributed by atoms with E-state index in [1.54, 1.807) is 12.4 Å². The molecule has 0 aliphatic carbocycles. The molecule has 1 aliphatic rings. The van der Waals surface area contributed by atoms with E-state index in [0.29, 0.717) is 11.9 Å². The Morgan fingerprint density at radius 2 is 2.17 bits per heavy atom. The minimum absolute atomic E-state index is 0.394. The molecule has 2 heterocycles. The number of fused-ring (bicyclic) bond motifs is 1. The second-order valence-electron chi connectivity index (χ2n) is 4.55. The number of para-hydroxylation sites is 1. The van der Waals surface area contributed by atoms with Crippen LogP contribution in [0.2, 0.25) is 0 Å². The van der Waals surface area contributed by atoms with Crippen molar-refractivity contribution in [1.82, 2.24) is 9.97 Å². The van der Waals surface area contributed by atoms with E-state index in [0.717, 1.165) is 17.9 Å². The first-order valence-electron chi connectivity index (χ1n) is 6.03. The third kappa shape index (κ3) is 1.85. The van der Waals surface area contributed by atoms with Crippen LogP contribution < -0.4 is 4.90 Å². The lowest BCUT2D eigenvalue weighted by atomic mass is 10.1. The van der Waals surface area contributed by atoms with Gasteiger partial charge in [0.1, 0.15) is 0 Å². The molecule has 2 aromatic rings. The lowest BCUT2D eigenvalue weighted by molar-refractivity contribution is 0.746. The van der Waals surface area contributed by atoms with Crippen molar-refractivity contribution in [3.05, 3.63) is 47.9 Å². The normalized spacial score (nSPS) is 17.9. The number of halogens is 1. The molecule has 18 heavy (non-hydrogen) atoms. The van der Waals surface area contributed by atoms with Crippen LogP contribution in [-0.2, 0) is 12.3 Å². The van der Waals surface area contributed by atoms with E-state index in [4.69, 9.17) is 11.6 Å². The zero-order chi connectivity index (χ0) is 12.5. The monoisotopic (exact) mass is 259 g/mol. The summed E-state index contributed by atoms with van der Waals surface area (Å²) in [5.74, 6) is 1.27. The second-order valence-corrected chi connectivity index (χ2v) is 4.82. The summed E-state index contributed by atoms with van der Waals surface area (Å²) >= 11 is 5.82. The smallest absolute Gasteiger partial charge is 0.152 e. The highest BCUT2D eigenvalue weighted by molar-refractivity contribution is 6.16. The Kier molecular flexibility index (Phi) is 2.92. The van der Waals surface area contributed by atoms with Gasteiger partial charge in [0.25, 0.3) is 0 Å².